The fourth-order valence-corrected chi connectivity index (χ4v) is 9.53. The molecule has 2 aliphatic heterocycles. The summed E-state index contributed by atoms with van der Waals surface area (Å²) in [6.07, 6.45) is 7.09. The summed E-state index contributed by atoms with van der Waals surface area (Å²) in [4.78, 5) is 5.06. The predicted octanol–water partition coefficient (Wildman–Crippen LogP) is 12.0. The van der Waals surface area contributed by atoms with E-state index in [9.17, 15) is 0 Å². The summed E-state index contributed by atoms with van der Waals surface area (Å²) in [5, 5.41) is 2.20. The van der Waals surface area contributed by atoms with Crippen LogP contribution in [0.3, 0.4) is 0 Å². The number of para-hydroxylation sites is 1. The Hall–Kier alpha value is -5.77. The molecular weight excluding hydrogens is 880 g/mol. The van der Waals surface area contributed by atoms with Crippen molar-refractivity contribution in [3.05, 3.63) is 183 Å². The van der Waals surface area contributed by atoms with Crippen LogP contribution in [-0.2, 0) is 45.0 Å². The van der Waals surface area contributed by atoms with Crippen LogP contribution in [0.25, 0.3) is 50.0 Å². The van der Waals surface area contributed by atoms with Crippen LogP contribution in [0.15, 0.2) is 128 Å². The molecule has 0 N–H and O–H groups in total. The molecule has 0 spiro atoms. The van der Waals surface area contributed by atoms with Gasteiger partial charge in [0.1, 0.15) is 0 Å². The number of imidazole rings is 1. The molecule has 0 saturated heterocycles. The van der Waals surface area contributed by atoms with Crippen molar-refractivity contribution in [1.82, 2.24) is 18.5 Å². The molecule has 13 rings (SSSR count). The molecule has 6 heterocycles. The molecule has 4 aliphatic rings. The van der Waals surface area contributed by atoms with E-state index in [2.05, 4.69) is 150 Å². The number of hydrogen-bond acceptors (Lipinski definition) is 2. The first kappa shape index (κ1) is 32.3. The molecule has 5 aromatic carbocycles. The van der Waals surface area contributed by atoms with E-state index in [-0.39, 0.29) is 5.92 Å². The Labute approximate surface area is 348 Å². The number of aromatic nitrogens is 4. The Kier molecular flexibility index (Phi) is 8.12. The molecule has 0 amide bonds. The zero-order valence-electron chi connectivity index (χ0n) is 35.0. The number of ether oxygens (including phenoxy) is 1. The van der Waals surface area contributed by atoms with E-state index >= 15 is 0 Å². The molecule has 0 radical (unpaired) electrons. The van der Waals surface area contributed by atoms with Gasteiger partial charge in [0.05, 0.1) is 0 Å². The Morgan fingerprint density at radius 2 is 1.49 bits per heavy atom. The average Bonchev–Trinajstić information content (AvgIpc) is 3.76. The zero-order valence-corrected chi connectivity index (χ0v) is 34.3. The van der Waals surface area contributed by atoms with Gasteiger partial charge in [0, 0.05) is 11.8 Å². The van der Waals surface area contributed by atoms with E-state index in [1.54, 1.807) is 0 Å². The minimum absolute atomic E-state index is 0.289. The number of nitrogens with zero attached hydrogens (tertiary/aromatic N) is 4. The van der Waals surface area contributed by atoms with Gasteiger partial charge in [0.25, 0.3) is 0 Å². The van der Waals surface area contributed by atoms with Crippen LogP contribution in [0.1, 0.15) is 63.0 Å². The number of pyridine rings is 2. The maximum absolute atomic E-state index is 8.35. The van der Waals surface area contributed by atoms with Crippen molar-refractivity contribution in [2.45, 2.75) is 59.2 Å². The van der Waals surface area contributed by atoms with Crippen LogP contribution in [-0.4, -0.2) is 18.5 Å². The normalized spacial score (nSPS) is 13.9. The van der Waals surface area contributed by atoms with Crippen molar-refractivity contribution in [3.8, 4) is 34.1 Å². The van der Waals surface area contributed by atoms with Crippen LogP contribution in [0.4, 0.5) is 0 Å². The topological polar surface area (TPSA) is 36.4 Å². The van der Waals surface area contributed by atoms with Gasteiger partial charge < -0.3 is 0 Å². The third-order valence-corrected chi connectivity index (χ3v) is 12.6. The van der Waals surface area contributed by atoms with E-state index in [4.69, 9.17) is 13.8 Å². The molecule has 0 saturated carbocycles. The van der Waals surface area contributed by atoms with Crippen molar-refractivity contribution in [2.24, 2.45) is 0 Å². The van der Waals surface area contributed by atoms with Crippen LogP contribution < -0.4 is 4.74 Å². The number of aryl methyl sites for hydroxylation is 4. The minimum atomic E-state index is -2.16. The number of benzene rings is 5. The van der Waals surface area contributed by atoms with Crippen LogP contribution in [0.2, 0.25) is 0 Å². The molecule has 6 heteroatoms. The van der Waals surface area contributed by atoms with Crippen molar-refractivity contribution >= 4 is 27.3 Å². The second-order valence-electron chi connectivity index (χ2n) is 15.3. The summed E-state index contributed by atoms with van der Waals surface area (Å²) in [5.74, 6) is 2.29. The summed E-state index contributed by atoms with van der Waals surface area (Å²) >= 11 is 2.40. The van der Waals surface area contributed by atoms with Crippen LogP contribution in [0, 0.1) is 29.7 Å². The molecule has 57 heavy (non-hydrogen) atoms. The molecule has 0 fully saturated rings. The third-order valence-electron chi connectivity index (χ3n) is 11.6. The molecule has 0 unspecified atom stereocenters. The first-order chi connectivity index (χ1) is 29.0. The summed E-state index contributed by atoms with van der Waals surface area (Å²) < 4.78 is 39.3. The number of fused-ring (bicyclic) bond motifs is 3. The fraction of sp³-hybridized carbons (Fsp3) is 0.176. The van der Waals surface area contributed by atoms with Crippen molar-refractivity contribution < 1.29 is 28.2 Å². The number of rotatable bonds is 6. The summed E-state index contributed by atoms with van der Waals surface area (Å²) in [6.45, 7) is 4.28. The monoisotopic (exact) mass is 924 g/mol. The van der Waals surface area contributed by atoms with Gasteiger partial charge in [-0.15, -0.1) is 0 Å². The molecule has 2 aliphatic carbocycles. The van der Waals surface area contributed by atoms with Gasteiger partial charge in [0.15, 0.2) is 0 Å². The van der Waals surface area contributed by atoms with Gasteiger partial charge >= 0.3 is 265 Å². The zero-order chi connectivity index (χ0) is 41.3. The van der Waals surface area contributed by atoms with E-state index in [0.717, 1.165) is 89.0 Å². The van der Waals surface area contributed by atoms with E-state index in [1.807, 2.05) is 43.5 Å². The summed E-state index contributed by atoms with van der Waals surface area (Å²) in [7, 11) is 0. The van der Waals surface area contributed by atoms with Gasteiger partial charge in [-0.3, -0.25) is 0 Å². The van der Waals surface area contributed by atoms with Gasteiger partial charge in [-0.1, -0.05) is 56.3 Å². The van der Waals surface area contributed by atoms with Gasteiger partial charge in [-0.05, 0) is 17.0 Å². The second kappa shape index (κ2) is 14.3. The first-order valence-corrected chi connectivity index (χ1v) is 20.7. The third kappa shape index (κ3) is 6.20. The van der Waals surface area contributed by atoms with Crippen molar-refractivity contribution in [2.75, 3.05) is 0 Å². The van der Waals surface area contributed by atoms with E-state index in [1.165, 1.54) is 11.1 Å². The SMILES string of the molecule is [2H]C([2H])([2H])c1c2ccc(c1C)CCc1ccc(n3[c](=[Pt])n(-c4[c-]c(Oc5[c-]c6c(cc5)c5ccccc5n6-c5cc(C(C)C)c(-c6ccccc6)cn5)ccc4)cc13)CC2. The van der Waals surface area contributed by atoms with Gasteiger partial charge in [-0.25, -0.2) is 0 Å². The number of hydrogen-bond donors (Lipinski definition) is 0. The molecule has 284 valence electrons. The van der Waals surface area contributed by atoms with Crippen molar-refractivity contribution in [3.63, 3.8) is 0 Å². The average molecular weight is 925 g/mol. The first-order valence-electron chi connectivity index (χ1n) is 21.1. The molecule has 0 atom stereocenters. The fourth-order valence-electron chi connectivity index (χ4n) is 8.51. The van der Waals surface area contributed by atoms with E-state index in [0.29, 0.717) is 29.9 Å². The molecular formula is C51H42N4OPt-2. The molecule has 5 nitrogen and oxygen atoms in total. The van der Waals surface area contributed by atoms with Crippen LogP contribution >= 0.6 is 0 Å². The van der Waals surface area contributed by atoms with Gasteiger partial charge in [0.2, 0.25) is 0 Å². The van der Waals surface area contributed by atoms with Gasteiger partial charge in [-0.2, -0.15) is 0 Å². The summed E-state index contributed by atoms with van der Waals surface area (Å²) in [6, 6.07) is 47.0. The molecule has 4 bridgehead atoms. The Morgan fingerprint density at radius 3 is 2.33 bits per heavy atom. The summed E-state index contributed by atoms with van der Waals surface area (Å²) in [5.41, 5.74) is 13.2. The standard InChI is InChI=1S/C51H42N4O.Pt/c1-33(2)46-29-51(52-30-47(46)38-11-6-5-7-12-38)55-48-16-9-8-15-44(48)45-26-25-43(28-49(45)55)56-42-14-10-13-41(27-42)53-31-50-39-20-19-36-17-18-37(35(4)34(36)3)21-23-40(24-22-39)54(50)32-53;/h5-18,22,24-26,29-31,33H,19-21,23H2,1-4H3;/q-2;/i4D3;. The Morgan fingerprint density at radius 1 is 0.737 bits per heavy atom. The molecule has 9 aromatic rings. The quantitative estimate of drug-likeness (QED) is 0.156. The molecule has 4 aromatic heterocycles. The maximum atomic E-state index is 8.35. The second-order valence-corrected chi connectivity index (χ2v) is 16.3. The van der Waals surface area contributed by atoms with Crippen molar-refractivity contribution in [1.29, 1.82) is 0 Å². The van der Waals surface area contributed by atoms with Crippen LogP contribution in [0.5, 0.6) is 11.5 Å². The Balaban J connectivity index is 1.02. The predicted molar refractivity (Wildman–Crippen MR) is 227 cm³/mol. The Bertz CT molecular complexity index is 3190. The van der Waals surface area contributed by atoms with E-state index < -0.39 is 6.85 Å².